The lowest BCUT2D eigenvalue weighted by Crippen LogP contribution is -2.51. The molecule has 0 bridgehead atoms. The molecular formula is C22H28FN3O4S. The summed E-state index contributed by atoms with van der Waals surface area (Å²) in [4.78, 5) is 26.9. The van der Waals surface area contributed by atoms with Crippen LogP contribution in [0, 0.1) is 12.7 Å². The highest BCUT2D eigenvalue weighted by Gasteiger charge is 2.31. The number of carbonyl (C=O) groups excluding carboxylic acids is 2. The summed E-state index contributed by atoms with van der Waals surface area (Å²) in [5.74, 6) is -1.30. The second-order valence-corrected chi connectivity index (χ2v) is 9.31. The third kappa shape index (κ3) is 6.11. The summed E-state index contributed by atoms with van der Waals surface area (Å²) >= 11 is 0. The maximum Gasteiger partial charge on any atom is 0.243 e. The number of rotatable bonds is 9. The Morgan fingerprint density at radius 3 is 2.16 bits per heavy atom. The van der Waals surface area contributed by atoms with E-state index in [0.29, 0.717) is 12.0 Å². The van der Waals surface area contributed by atoms with Gasteiger partial charge in [-0.15, -0.1) is 0 Å². The fourth-order valence-electron chi connectivity index (χ4n) is 3.13. The van der Waals surface area contributed by atoms with Crippen LogP contribution in [0.5, 0.6) is 0 Å². The van der Waals surface area contributed by atoms with Crippen molar-refractivity contribution in [2.45, 2.75) is 37.8 Å². The van der Waals surface area contributed by atoms with Crippen molar-refractivity contribution < 1.29 is 22.4 Å². The van der Waals surface area contributed by atoms with Gasteiger partial charge in [-0.05, 0) is 43.2 Å². The van der Waals surface area contributed by atoms with Gasteiger partial charge in [0.25, 0.3) is 0 Å². The van der Waals surface area contributed by atoms with E-state index in [1.54, 1.807) is 19.1 Å². The van der Waals surface area contributed by atoms with Crippen LogP contribution in [0.15, 0.2) is 53.4 Å². The molecule has 1 N–H and O–H groups in total. The van der Waals surface area contributed by atoms with Crippen molar-refractivity contribution in [3.63, 3.8) is 0 Å². The van der Waals surface area contributed by atoms with Gasteiger partial charge in [-0.3, -0.25) is 9.59 Å². The fraction of sp³-hybridized carbons (Fsp3) is 0.364. The average molecular weight is 450 g/mol. The Kier molecular flexibility index (Phi) is 8.29. The van der Waals surface area contributed by atoms with E-state index < -0.39 is 34.3 Å². The number of nitrogens with one attached hydrogen (secondary N) is 1. The van der Waals surface area contributed by atoms with E-state index in [0.717, 1.165) is 9.87 Å². The van der Waals surface area contributed by atoms with Crippen LogP contribution in [0.4, 0.5) is 4.39 Å². The standard InChI is InChI=1S/C22H28FN3O4S/c1-5-20(22(28)24-3)26(14-17-8-10-18(23)11-9-17)21(27)15-25(4)31(29,30)19-12-6-16(2)7-13-19/h6-13,20H,5,14-15H2,1-4H3,(H,24,28). The van der Waals surface area contributed by atoms with Gasteiger partial charge in [-0.2, -0.15) is 4.31 Å². The number of benzene rings is 2. The van der Waals surface area contributed by atoms with Gasteiger partial charge in [0.1, 0.15) is 11.9 Å². The van der Waals surface area contributed by atoms with Crippen LogP contribution in [0.3, 0.4) is 0 Å². The first kappa shape index (κ1) is 24.5. The molecule has 0 aliphatic heterocycles. The predicted octanol–water partition coefficient (Wildman–Crippen LogP) is 2.31. The number of likely N-dealkylation sites (N-methyl/N-ethyl adjacent to an activating group) is 2. The molecule has 2 aromatic rings. The minimum atomic E-state index is -3.89. The lowest BCUT2D eigenvalue weighted by Gasteiger charge is -2.31. The molecule has 2 rings (SSSR count). The monoisotopic (exact) mass is 449 g/mol. The minimum absolute atomic E-state index is 0.0451. The number of hydrogen-bond donors (Lipinski definition) is 1. The molecule has 31 heavy (non-hydrogen) atoms. The fourth-order valence-corrected chi connectivity index (χ4v) is 4.25. The third-order valence-corrected chi connectivity index (χ3v) is 6.80. The summed E-state index contributed by atoms with van der Waals surface area (Å²) in [6, 6.07) is 11.1. The summed E-state index contributed by atoms with van der Waals surface area (Å²) in [5, 5.41) is 2.54. The van der Waals surface area contributed by atoms with Gasteiger partial charge in [0.2, 0.25) is 21.8 Å². The summed E-state index contributed by atoms with van der Waals surface area (Å²) < 4.78 is 40.0. The lowest BCUT2D eigenvalue weighted by atomic mass is 10.1. The number of aryl methyl sites for hydroxylation is 1. The van der Waals surface area contributed by atoms with Crippen LogP contribution >= 0.6 is 0 Å². The maximum absolute atomic E-state index is 13.3. The van der Waals surface area contributed by atoms with Gasteiger partial charge < -0.3 is 10.2 Å². The molecule has 0 heterocycles. The van der Waals surface area contributed by atoms with Crippen molar-refractivity contribution in [3.05, 3.63) is 65.5 Å². The Morgan fingerprint density at radius 1 is 1.06 bits per heavy atom. The molecule has 0 aromatic heterocycles. The van der Waals surface area contributed by atoms with E-state index in [1.807, 2.05) is 6.92 Å². The Bertz CT molecular complexity index is 1010. The molecule has 0 saturated heterocycles. The van der Waals surface area contributed by atoms with Crippen LogP contribution in [0.25, 0.3) is 0 Å². The zero-order valence-corrected chi connectivity index (χ0v) is 18.9. The summed E-state index contributed by atoms with van der Waals surface area (Å²) in [6.45, 7) is 3.21. The van der Waals surface area contributed by atoms with Crippen LogP contribution in [-0.2, 0) is 26.2 Å². The third-order valence-electron chi connectivity index (χ3n) is 4.99. The zero-order valence-electron chi connectivity index (χ0n) is 18.1. The molecule has 168 valence electrons. The summed E-state index contributed by atoms with van der Waals surface area (Å²) in [7, 11) is -1.09. The average Bonchev–Trinajstić information content (AvgIpc) is 2.74. The summed E-state index contributed by atoms with van der Waals surface area (Å²) in [6.07, 6.45) is 0.334. The van der Waals surface area contributed by atoms with E-state index in [9.17, 15) is 22.4 Å². The predicted molar refractivity (Wildman–Crippen MR) is 116 cm³/mol. The largest absolute Gasteiger partial charge is 0.357 e. The highest BCUT2D eigenvalue weighted by atomic mass is 32.2. The van der Waals surface area contributed by atoms with Gasteiger partial charge in [0, 0.05) is 20.6 Å². The lowest BCUT2D eigenvalue weighted by molar-refractivity contribution is -0.141. The number of amides is 2. The first-order chi connectivity index (χ1) is 14.6. The Morgan fingerprint density at radius 2 is 1.65 bits per heavy atom. The number of sulfonamides is 1. The molecule has 0 saturated carbocycles. The number of halogens is 1. The van der Waals surface area contributed by atoms with Gasteiger partial charge in [0.15, 0.2) is 0 Å². The van der Waals surface area contributed by atoms with Crippen molar-refractivity contribution >= 4 is 21.8 Å². The maximum atomic E-state index is 13.3. The molecule has 0 fully saturated rings. The van der Waals surface area contributed by atoms with Crippen LogP contribution in [0.2, 0.25) is 0 Å². The molecule has 7 nitrogen and oxygen atoms in total. The van der Waals surface area contributed by atoms with Crippen LogP contribution in [0.1, 0.15) is 24.5 Å². The van der Waals surface area contributed by atoms with Crippen molar-refractivity contribution in [2.24, 2.45) is 0 Å². The first-order valence-electron chi connectivity index (χ1n) is 9.88. The van der Waals surface area contributed by atoms with Crippen molar-refractivity contribution in [1.82, 2.24) is 14.5 Å². The molecule has 2 aromatic carbocycles. The molecule has 0 aliphatic carbocycles. The van der Waals surface area contributed by atoms with Gasteiger partial charge in [-0.1, -0.05) is 36.8 Å². The minimum Gasteiger partial charge on any atom is -0.357 e. The SMILES string of the molecule is CCC(C(=O)NC)N(Cc1ccc(F)cc1)C(=O)CN(C)S(=O)(=O)c1ccc(C)cc1. The van der Waals surface area contributed by atoms with Crippen LogP contribution in [-0.4, -0.2) is 56.1 Å². The van der Waals surface area contributed by atoms with Crippen molar-refractivity contribution in [3.8, 4) is 0 Å². The van der Waals surface area contributed by atoms with Gasteiger partial charge in [-0.25, -0.2) is 12.8 Å². The van der Waals surface area contributed by atoms with Gasteiger partial charge in [0.05, 0.1) is 11.4 Å². The van der Waals surface area contributed by atoms with Crippen molar-refractivity contribution in [2.75, 3.05) is 20.6 Å². The van der Waals surface area contributed by atoms with E-state index in [2.05, 4.69) is 5.32 Å². The van der Waals surface area contributed by atoms with Crippen LogP contribution < -0.4 is 5.32 Å². The highest BCUT2D eigenvalue weighted by Crippen LogP contribution is 2.17. The molecule has 0 spiro atoms. The van der Waals surface area contributed by atoms with Crippen molar-refractivity contribution in [1.29, 1.82) is 0 Å². The van der Waals surface area contributed by atoms with E-state index in [1.165, 1.54) is 55.4 Å². The van der Waals surface area contributed by atoms with Gasteiger partial charge >= 0.3 is 0 Å². The molecule has 2 amide bonds. The normalized spacial score (nSPS) is 12.5. The van der Waals surface area contributed by atoms with E-state index >= 15 is 0 Å². The highest BCUT2D eigenvalue weighted by molar-refractivity contribution is 7.89. The topological polar surface area (TPSA) is 86.8 Å². The molecule has 1 unspecified atom stereocenters. The Labute approximate surface area is 182 Å². The molecular weight excluding hydrogens is 421 g/mol. The Hall–Kier alpha value is -2.78. The summed E-state index contributed by atoms with van der Waals surface area (Å²) in [5.41, 5.74) is 1.54. The number of carbonyl (C=O) groups is 2. The quantitative estimate of drug-likeness (QED) is 0.637. The molecule has 1 atom stereocenters. The Balaban J connectivity index is 2.29. The van der Waals surface area contributed by atoms with E-state index in [4.69, 9.17) is 0 Å². The second-order valence-electron chi connectivity index (χ2n) is 7.26. The molecule has 0 radical (unpaired) electrons. The number of nitrogens with zero attached hydrogens (tertiary/aromatic N) is 2. The second kappa shape index (κ2) is 10.5. The molecule has 0 aliphatic rings. The first-order valence-corrected chi connectivity index (χ1v) is 11.3. The van der Waals surface area contributed by atoms with E-state index in [-0.39, 0.29) is 17.3 Å². The number of hydrogen-bond acceptors (Lipinski definition) is 4. The zero-order chi connectivity index (χ0) is 23.2. The molecule has 9 heteroatoms. The smallest absolute Gasteiger partial charge is 0.243 e.